The minimum Gasteiger partial charge on any atom is -0.326 e. The van der Waals surface area contributed by atoms with Crippen molar-refractivity contribution in [1.82, 2.24) is 0 Å². The van der Waals surface area contributed by atoms with Crippen LogP contribution in [0.25, 0.3) is 0 Å². The number of benzene rings is 1. The van der Waals surface area contributed by atoms with Crippen LogP contribution in [-0.2, 0) is 6.54 Å². The first kappa shape index (κ1) is 8.57. The van der Waals surface area contributed by atoms with Gasteiger partial charge in [0.25, 0.3) is 0 Å². The average molecular weight is 170 g/mol. The second-order valence-electron chi connectivity index (χ2n) is 2.73. The van der Waals surface area contributed by atoms with Gasteiger partial charge in [0.2, 0.25) is 0 Å². The molecule has 0 aliphatic carbocycles. The van der Waals surface area contributed by atoms with Gasteiger partial charge in [-0.3, -0.25) is 0 Å². The van der Waals surface area contributed by atoms with Crippen LogP contribution in [0.4, 0.5) is 0 Å². The molecule has 2 N–H and O–H groups in total. The number of nitrogens with two attached hydrogens (primary N) is 1. The summed E-state index contributed by atoms with van der Waals surface area (Å²) >= 11 is 5.94. The molecule has 0 saturated carbocycles. The Balaban J connectivity index is 3.24. The molecule has 0 unspecified atom stereocenters. The smallest absolute Gasteiger partial charge is 0.0441 e. The molecule has 0 aliphatic rings. The van der Waals surface area contributed by atoms with Crippen LogP contribution >= 0.6 is 11.6 Å². The van der Waals surface area contributed by atoms with E-state index < -0.39 is 0 Å². The van der Waals surface area contributed by atoms with Crippen molar-refractivity contribution < 1.29 is 0 Å². The third-order valence-corrected chi connectivity index (χ3v) is 2.21. The van der Waals surface area contributed by atoms with Gasteiger partial charge in [-0.2, -0.15) is 0 Å². The van der Waals surface area contributed by atoms with Gasteiger partial charge in [0.15, 0.2) is 0 Å². The van der Waals surface area contributed by atoms with Crippen LogP contribution in [0.15, 0.2) is 12.1 Å². The van der Waals surface area contributed by atoms with Crippen molar-refractivity contribution in [2.45, 2.75) is 20.4 Å². The number of hydrogen-bond donors (Lipinski definition) is 1. The van der Waals surface area contributed by atoms with E-state index in [1.54, 1.807) is 0 Å². The van der Waals surface area contributed by atoms with Gasteiger partial charge in [0.1, 0.15) is 0 Å². The van der Waals surface area contributed by atoms with Gasteiger partial charge < -0.3 is 5.73 Å². The molecular formula is C9H12ClN. The summed E-state index contributed by atoms with van der Waals surface area (Å²) in [4.78, 5) is 0. The van der Waals surface area contributed by atoms with Crippen LogP contribution in [0.2, 0.25) is 5.02 Å². The monoisotopic (exact) mass is 169 g/mol. The summed E-state index contributed by atoms with van der Waals surface area (Å²) in [5, 5.41) is 0.811. The molecule has 1 rings (SSSR count). The van der Waals surface area contributed by atoms with Crippen molar-refractivity contribution in [3.8, 4) is 0 Å². The Kier molecular flexibility index (Phi) is 2.53. The van der Waals surface area contributed by atoms with Gasteiger partial charge >= 0.3 is 0 Å². The Morgan fingerprint density at radius 1 is 1.36 bits per heavy atom. The summed E-state index contributed by atoms with van der Waals surface area (Å²) in [6.07, 6.45) is 0. The fraction of sp³-hybridized carbons (Fsp3) is 0.333. The summed E-state index contributed by atoms with van der Waals surface area (Å²) in [6.45, 7) is 4.57. The Hall–Kier alpha value is -0.530. The summed E-state index contributed by atoms with van der Waals surface area (Å²) in [7, 11) is 0. The topological polar surface area (TPSA) is 26.0 Å². The Labute approximate surface area is 72.2 Å². The molecule has 2 heteroatoms. The lowest BCUT2D eigenvalue weighted by Gasteiger charge is -2.05. The van der Waals surface area contributed by atoms with Gasteiger partial charge in [0.05, 0.1) is 0 Å². The highest BCUT2D eigenvalue weighted by atomic mass is 35.5. The molecule has 0 spiro atoms. The minimum atomic E-state index is 0.563. The van der Waals surface area contributed by atoms with E-state index in [0.717, 1.165) is 16.1 Å². The zero-order chi connectivity index (χ0) is 8.43. The van der Waals surface area contributed by atoms with Crippen LogP contribution in [-0.4, -0.2) is 0 Å². The van der Waals surface area contributed by atoms with E-state index in [-0.39, 0.29) is 0 Å². The van der Waals surface area contributed by atoms with Gasteiger partial charge in [-0.15, -0.1) is 0 Å². The highest BCUT2D eigenvalue weighted by molar-refractivity contribution is 6.31. The molecule has 0 fully saturated rings. The molecule has 1 aromatic rings. The zero-order valence-electron chi connectivity index (χ0n) is 6.82. The molecule has 0 saturated heterocycles. The van der Waals surface area contributed by atoms with Crippen molar-refractivity contribution >= 4 is 11.6 Å². The lowest BCUT2D eigenvalue weighted by molar-refractivity contribution is 1.04. The number of hydrogen-bond acceptors (Lipinski definition) is 1. The fourth-order valence-corrected chi connectivity index (χ4v) is 1.39. The number of rotatable bonds is 1. The van der Waals surface area contributed by atoms with Crippen molar-refractivity contribution in [2.75, 3.05) is 0 Å². The fourth-order valence-electron chi connectivity index (χ4n) is 1.10. The second kappa shape index (κ2) is 3.24. The molecule has 0 aromatic heterocycles. The quantitative estimate of drug-likeness (QED) is 0.687. The number of aryl methyl sites for hydroxylation is 1. The standard InChI is InChI=1S/C9H12ClN/c1-6-3-8(5-11)7(2)9(10)4-6/h3-4H,5,11H2,1-2H3. The van der Waals surface area contributed by atoms with Crippen molar-refractivity contribution in [2.24, 2.45) is 5.73 Å². The summed E-state index contributed by atoms with van der Waals surface area (Å²) in [5.74, 6) is 0. The highest BCUT2D eigenvalue weighted by Crippen LogP contribution is 2.20. The van der Waals surface area contributed by atoms with E-state index in [4.69, 9.17) is 17.3 Å². The zero-order valence-corrected chi connectivity index (χ0v) is 7.57. The molecule has 1 nitrogen and oxygen atoms in total. The highest BCUT2D eigenvalue weighted by Gasteiger charge is 2.01. The van der Waals surface area contributed by atoms with Gasteiger partial charge in [-0.1, -0.05) is 17.7 Å². The molecule has 0 heterocycles. The van der Waals surface area contributed by atoms with E-state index in [1.165, 1.54) is 5.56 Å². The minimum absolute atomic E-state index is 0.563. The molecule has 0 atom stereocenters. The number of halogens is 1. The predicted molar refractivity (Wildman–Crippen MR) is 48.8 cm³/mol. The van der Waals surface area contributed by atoms with E-state index >= 15 is 0 Å². The summed E-state index contributed by atoms with van der Waals surface area (Å²) < 4.78 is 0. The first-order chi connectivity index (χ1) is 5.15. The molecule has 0 aliphatic heterocycles. The largest absolute Gasteiger partial charge is 0.326 e. The van der Waals surface area contributed by atoms with E-state index in [9.17, 15) is 0 Å². The maximum atomic E-state index is 5.94. The molecule has 1 aromatic carbocycles. The van der Waals surface area contributed by atoms with E-state index in [2.05, 4.69) is 6.07 Å². The third-order valence-electron chi connectivity index (χ3n) is 1.82. The van der Waals surface area contributed by atoms with Crippen LogP contribution in [0, 0.1) is 13.8 Å². The van der Waals surface area contributed by atoms with E-state index in [0.29, 0.717) is 6.54 Å². The lowest BCUT2D eigenvalue weighted by Crippen LogP contribution is -1.99. The predicted octanol–water partition coefficient (Wildman–Crippen LogP) is 2.42. The van der Waals surface area contributed by atoms with Gasteiger partial charge in [-0.05, 0) is 36.6 Å². The van der Waals surface area contributed by atoms with Crippen molar-refractivity contribution in [3.63, 3.8) is 0 Å². The first-order valence-electron chi connectivity index (χ1n) is 3.61. The maximum absolute atomic E-state index is 5.94. The normalized spacial score (nSPS) is 10.2. The first-order valence-corrected chi connectivity index (χ1v) is 3.98. The Bertz CT molecular complexity index is 269. The van der Waals surface area contributed by atoms with Crippen LogP contribution in [0.5, 0.6) is 0 Å². The van der Waals surface area contributed by atoms with Crippen molar-refractivity contribution in [3.05, 3.63) is 33.8 Å². The van der Waals surface area contributed by atoms with Crippen molar-refractivity contribution in [1.29, 1.82) is 0 Å². The Morgan fingerprint density at radius 3 is 2.55 bits per heavy atom. The van der Waals surface area contributed by atoms with Gasteiger partial charge in [-0.25, -0.2) is 0 Å². The van der Waals surface area contributed by atoms with Gasteiger partial charge in [0, 0.05) is 11.6 Å². The SMILES string of the molecule is Cc1cc(Cl)c(C)c(CN)c1. The lowest BCUT2D eigenvalue weighted by atomic mass is 10.1. The molecule has 60 valence electrons. The summed E-state index contributed by atoms with van der Waals surface area (Å²) in [5.41, 5.74) is 8.93. The molecule has 0 amide bonds. The molecule has 0 bridgehead atoms. The summed E-state index contributed by atoms with van der Waals surface area (Å²) in [6, 6.07) is 4.03. The van der Waals surface area contributed by atoms with E-state index in [1.807, 2.05) is 19.9 Å². The second-order valence-corrected chi connectivity index (χ2v) is 3.14. The van der Waals surface area contributed by atoms with Crippen LogP contribution < -0.4 is 5.73 Å². The average Bonchev–Trinajstić information content (AvgIpc) is 1.96. The molecule has 0 radical (unpaired) electrons. The van der Waals surface area contributed by atoms with Crippen LogP contribution in [0.1, 0.15) is 16.7 Å². The maximum Gasteiger partial charge on any atom is 0.0441 e. The third kappa shape index (κ3) is 1.73. The molecular weight excluding hydrogens is 158 g/mol. The molecule has 11 heavy (non-hydrogen) atoms. The van der Waals surface area contributed by atoms with Crippen LogP contribution in [0.3, 0.4) is 0 Å². The Morgan fingerprint density at radius 2 is 2.00 bits per heavy atom.